The van der Waals surface area contributed by atoms with Gasteiger partial charge in [0.15, 0.2) is 0 Å². The van der Waals surface area contributed by atoms with E-state index in [0.717, 1.165) is 22.8 Å². The number of hydrogen-bond acceptors (Lipinski definition) is 8. The lowest BCUT2D eigenvalue weighted by Gasteiger charge is -2.46. The zero-order chi connectivity index (χ0) is 28.3. The fourth-order valence-corrected chi connectivity index (χ4v) is 4.90. The Hall–Kier alpha value is -4.32. The molecule has 1 aliphatic heterocycles. The zero-order valence-electron chi connectivity index (χ0n) is 21.3. The van der Waals surface area contributed by atoms with Crippen LogP contribution in [-0.2, 0) is 12.7 Å². The number of hydrogen-bond donors (Lipinski definition) is 1. The summed E-state index contributed by atoms with van der Waals surface area (Å²) in [4.78, 5) is 34.7. The predicted molar refractivity (Wildman–Crippen MR) is 138 cm³/mol. The van der Waals surface area contributed by atoms with Crippen molar-refractivity contribution in [2.24, 2.45) is 0 Å². The maximum absolute atomic E-state index is 13.0. The van der Waals surface area contributed by atoms with Gasteiger partial charge >= 0.3 is 6.18 Å². The number of amides is 1. The highest BCUT2D eigenvalue weighted by Gasteiger charge is 2.37. The minimum Gasteiger partial charge on any atom is -0.346 e. The number of H-pyrrole nitrogens is 1. The average molecular weight is 548 g/mol. The number of nitrogens with zero attached hydrogens (tertiary/aromatic N) is 9. The first kappa shape index (κ1) is 27.3. The quantitative estimate of drug-likeness (QED) is 0.263. The van der Waals surface area contributed by atoms with Gasteiger partial charge in [0.1, 0.15) is 17.7 Å². The molecule has 15 heteroatoms. The third-order valence-electron chi connectivity index (χ3n) is 6.92. The van der Waals surface area contributed by atoms with Crippen LogP contribution < -0.4 is 0 Å². The first-order chi connectivity index (χ1) is 19.2. The van der Waals surface area contributed by atoms with Crippen LogP contribution in [0.15, 0.2) is 43.2 Å². The lowest BCUT2D eigenvalue weighted by Crippen LogP contribution is -2.60. The third-order valence-corrected chi connectivity index (χ3v) is 6.92. The molecule has 40 heavy (non-hydrogen) atoms. The second kappa shape index (κ2) is 11.0. The Balaban J connectivity index is 1.30. The number of aromatic nitrogens is 7. The molecule has 2 radical (unpaired) electrons. The number of aromatic amines is 1. The smallest absolute Gasteiger partial charge is 0.346 e. The van der Waals surface area contributed by atoms with Crippen molar-refractivity contribution in [3.63, 3.8) is 0 Å². The van der Waals surface area contributed by atoms with Crippen molar-refractivity contribution in [1.82, 2.24) is 44.5 Å². The number of halogens is 3. The van der Waals surface area contributed by atoms with Crippen molar-refractivity contribution in [3.8, 4) is 17.3 Å². The molecule has 0 bridgehead atoms. The Labute approximate surface area is 228 Å². The number of alkyl halides is 3. The number of fused-ring (bicyclic) bond motifs is 1. The van der Waals surface area contributed by atoms with Gasteiger partial charge < -0.3 is 14.8 Å². The number of unbranched alkanes of at least 4 members (excludes halogenated alkanes) is 1. The standard InChI is InChI=1S/C25H24BF3N10O/c26-24(5-1-2-6-30,15-39-14-17(13-35-39)20-18-3-7-31-21(18)34-16-33-20)38-11-9-37(10-12-38)22(40)19-4-8-32-23(36-19)25(27,28)29/h3-4,7-8,13-14,16H,1-2,5,9-12,15H2,(H,31,33,34)/t24-/m1/s1. The van der Waals surface area contributed by atoms with Crippen molar-refractivity contribution in [3.05, 3.63) is 54.8 Å². The van der Waals surface area contributed by atoms with Gasteiger partial charge in [-0.05, 0) is 25.0 Å². The maximum Gasteiger partial charge on any atom is 0.451 e. The molecule has 1 N–H and O–H groups in total. The summed E-state index contributed by atoms with van der Waals surface area (Å²) in [7, 11) is 6.94. The predicted octanol–water partition coefficient (Wildman–Crippen LogP) is 2.65. The molecule has 5 heterocycles. The largest absolute Gasteiger partial charge is 0.451 e. The molecule has 4 aromatic rings. The topological polar surface area (TPSA) is 133 Å². The average Bonchev–Trinajstić information content (AvgIpc) is 3.62. The van der Waals surface area contributed by atoms with Gasteiger partial charge in [-0.1, -0.05) is 0 Å². The summed E-state index contributed by atoms with van der Waals surface area (Å²) in [6.45, 7) is 1.58. The lowest BCUT2D eigenvalue weighted by atomic mass is 9.71. The molecule has 5 rings (SSSR count). The Kier molecular flexibility index (Phi) is 7.53. The van der Waals surface area contributed by atoms with Crippen LogP contribution in [-0.4, -0.2) is 89.9 Å². The van der Waals surface area contributed by atoms with Gasteiger partial charge in [-0.15, -0.1) is 0 Å². The fourth-order valence-electron chi connectivity index (χ4n) is 4.90. The summed E-state index contributed by atoms with van der Waals surface area (Å²) in [5.41, 5.74) is 1.04. The van der Waals surface area contributed by atoms with Crippen LogP contribution in [0.3, 0.4) is 0 Å². The minimum atomic E-state index is -4.75. The SMILES string of the molecule is [B][C@@](CCCC#N)(Cn1cc(-c2ncnc3[nH]ccc23)cn1)N1CCN(C(=O)c2ccnc(C(F)(F)F)n2)CC1. The molecule has 0 aliphatic carbocycles. The van der Waals surface area contributed by atoms with E-state index in [4.69, 9.17) is 13.1 Å². The third kappa shape index (κ3) is 5.67. The van der Waals surface area contributed by atoms with E-state index in [0.29, 0.717) is 44.5 Å². The molecule has 1 fully saturated rings. The highest BCUT2D eigenvalue weighted by Crippen LogP contribution is 2.28. The Bertz CT molecular complexity index is 1540. The number of rotatable bonds is 8. The monoisotopic (exact) mass is 548 g/mol. The van der Waals surface area contributed by atoms with Crippen LogP contribution >= 0.6 is 0 Å². The summed E-state index contributed by atoms with van der Waals surface area (Å²) in [5.74, 6) is -1.95. The van der Waals surface area contributed by atoms with E-state index in [9.17, 15) is 18.0 Å². The van der Waals surface area contributed by atoms with Gasteiger partial charge in [-0.3, -0.25) is 9.48 Å². The molecule has 1 saturated heterocycles. The number of piperazine rings is 1. The van der Waals surface area contributed by atoms with E-state index < -0.39 is 23.3 Å². The van der Waals surface area contributed by atoms with Crippen LogP contribution in [0.5, 0.6) is 0 Å². The summed E-state index contributed by atoms with van der Waals surface area (Å²) >= 11 is 0. The molecule has 0 aromatic carbocycles. The molecule has 11 nitrogen and oxygen atoms in total. The normalized spacial score (nSPS) is 16.1. The molecule has 0 unspecified atom stereocenters. The highest BCUT2D eigenvalue weighted by molar-refractivity contribution is 6.15. The molecule has 204 valence electrons. The first-order valence-electron chi connectivity index (χ1n) is 12.6. The number of carbonyl (C=O) groups excluding carboxylic acids is 1. The van der Waals surface area contributed by atoms with Crippen molar-refractivity contribution < 1.29 is 18.0 Å². The number of nitrogens with one attached hydrogen (secondary N) is 1. The second-order valence-corrected chi connectivity index (χ2v) is 9.55. The molecule has 1 amide bonds. The van der Waals surface area contributed by atoms with E-state index in [1.807, 2.05) is 17.2 Å². The first-order valence-corrected chi connectivity index (χ1v) is 12.6. The van der Waals surface area contributed by atoms with Crippen LogP contribution in [0.4, 0.5) is 13.2 Å². The van der Waals surface area contributed by atoms with E-state index in [1.54, 1.807) is 17.1 Å². The molecule has 1 atom stereocenters. The number of carbonyl (C=O) groups is 1. The van der Waals surface area contributed by atoms with Crippen molar-refractivity contribution >= 4 is 24.8 Å². The lowest BCUT2D eigenvalue weighted by molar-refractivity contribution is -0.145. The van der Waals surface area contributed by atoms with E-state index in [2.05, 4.69) is 36.1 Å². The fraction of sp³-hybridized carbons (Fsp3) is 0.400. The van der Waals surface area contributed by atoms with Crippen LogP contribution in [0, 0.1) is 11.3 Å². The van der Waals surface area contributed by atoms with Gasteiger partial charge in [-0.2, -0.15) is 23.5 Å². The van der Waals surface area contributed by atoms with Crippen LogP contribution in [0.25, 0.3) is 22.3 Å². The molecule has 0 spiro atoms. The maximum atomic E-state index is 13.0. The summed E-state index contributed by atoms with van der Waals surface area (Å²) in [6, 6.07) is 5.21. The molecule has 1 aliphatic rings. The summed E-state index contributed by atoms with van der Waals surface area (Å²) in [5, 5.41) is 14.4. The highest BCUT2D eigenvalue weighted by atomic mass is 19.4. The second-order valence-electron chi connectivity index (χ2n) is 9.55. The van der Waals surface area contributed by atoms with Crippen molar-refractivity contribution in [1.29, 1.82) is 5.26 Å². The van der Waals surface area contributed by atoms with Gasteiger partial charge in [0.25, 0.3) is 5.91 Å². The molecule has 4 aromatic heterocycles. The zero-order valence-corrected chi connectivity index (χ0v) is 21.3. The summed E-state index contributed by atoms with van der Waals surface area (Å²) in [6.07, 6.45) is 4.42. The Morgan fingerprint density at radius 2 is 1.95 bits per heavy atom. The van der Waals surface area contributed by atoms with Crippen molar-refractivity contribution in [2.75, 3.05) is 26.2 Å². The van der Waals surface area contributed by atoms with Gasteiger partial charge in [0, 0.05) is 67.6 Å². The molecule has 0 saturated carbocycles. The molecular formula is C25H24BF3N10O. The number of nitriles is 1. The summed E-state index contributed by atoms with van der Waals surface area (Å²) < 4.78 is 40.8. The van der Waals surface area contributed by atoms with Crippen molar-refractivity contribution in [2.45, 2.75) is 37.4 Å². The Morgan fingerprint density at radius 3 is 2.70 bits per heavy atom. The van der Waals surface area contributed by atoms with Gasteiger partial charge in [-0.25, -0.2) is 19.9 Å². The van der Waals surface area contributed by atoms with Gasteiger partial charge in [0.2, 0.25) is 5.82 Å². The van der Waals surface area contributed by atoms with E-state index in [-0.39, 0.29) is 18.8 Å². The van der Waals surface area contributed by atoms with Gasteiger partial charge in [0.05, 0.1) is 32.4 Å². The van der Waals surface area contributed by atoms with E-state index >= 15 is 0 Å². The van der Waals surface area contributed by atoms with Crippen LogP contribution in [0.1, 0.15) is 35.6 Å². The van der Waals surface area contributed by atoms with E-state index in [1.165, 1.54) is 17.3 Å². The minimum absolute atomic E-state index is 0.248. The van der Waals surface area contributed by atoms with Crippen LogP contribution in [0.2, 0.25) is 0 Å². The Morgan fingerprint density at radius 1 is 1.15 bits per heavy atom. The molecular weight excluding hydrogens is 524 g/mol.